The fourth-order valence-corrected chi connectivity index (χ4v) is 9.10. The lowest BCUT2D eigenvalue weighted by molar-refractivity contribution is 1.13. The molecule has 0 nitrogen and oxygen atoms in total. The van der Waals surface area contributed by atoms with Gasteiger partial charge in [-0.15, -0.1) is 0 Å². The first kappa shape index (κ1) is 18.2. The summed E-state index contributed by atoms with van der Waals surface area (Å²) < 4.78 is 0. The van der Waals surface area contributed by atoms with Crippen molar-refractivity contribution in [3.63, 3.8) is 0 Å². The third-order valence-corrected chi connectivity index (χ3v) is 17.0. The van der Waals surface area contributed by atoms with Gasteiger partial charge in [0.25, 0.3) is 0 Å². The minimum absolute atomic E-state index is 0.916. The molecule has 0 aromatic heterocycles. The third kappa shape index (κ3) is 5.04. The standard InChI is InChI=1S/C16H36Si2/c1-7-17(8-2,9-3)15-13-14-16-18(10-4,11-5)12-6/h13-14H,7-12,15-16H2,1-6H3. The Morgan fingerprint density at radius 1 is 0.500 bits per heavy atom. The molecule has 18 heavy (non-hydrogen) atoms. The third-order valence-electron chi connectivity index (χ3n) is 5.77. The van der Waals surface area contributed by atoms with Crippen molar-refractivity contribution in [1.29, 1.82) is 0 Å². The van der Waals surface area contributed by atoms with E-state index in [1.165, 1.54) is 48.4 Å². The van der Waals surface area contributed by atoms with Crippen LogP contribution in [0.1, 0.15) is 41.5 Å². The second kappa shape index (κ2) is 9.14. The topological polar surface area (TPSA) is 0 Å². The summed E-state index contributed by atoms with van der Waals surface area (Å²) in [5.74, 6) is 0. The molecule has 0 aliphatic heterocycles. The molecule has 0 saturated heterocycles. The molecule has 0 amide bonds. The van der Waals surface area contributed by atoms with Crippen LogP contribution in [0.5, 0.6) is 0 Å². The summed E-state index contributed by atoms with van der Waals surface area (Å²) in [6.45, 7) is 14.5. The van der Waals surface area contributed by atoms with Gasteiger partial charge in [-0.05, 0) is 12.1 Å². The largest absolute Gasteiger partial charge is 0.0915 e. The van der Waals surface area contributed by atoms with Gasteiger partial charge in [-0.25, -0.2) is 0 Å². The normalized spacial score (nSPS) is 13.4. The summed E-state index contributed by atoms with van der Waals surface area (Å²) in [6.07, 6.45) is 5.12. The van der Waals surface area contributed by atoms with Gasteiger partial charge in [0.15, 0.2) is 0 Å². The molecule has 0 aromatic carbocycles. The Bertz CT molecular complexity index is 185. The van der Waals surface area contributed by atoms with Crippen molar-refractivity contribution in [3.8, 4) is 0 Å². The SMILES string of the molecule is CC[Si](CC)(CC)CC=CC[Si](CC)(CC)CC. The van der Waals surface area contributed by atoms with Gasteiger partial charge >= 0.3 is 0 Å². The number of rotatable bonds is 10. The van der Waals surface area contributed by atoms with Crippen LogP contribution >= 0.6 is 0 Å². The molecular formula is C16H36Si2. The van der Waals surface area contributed by atoms with Gasteiger partial charge in [0.2, 0.25) is 0 Å². The van der Waals surface area contributed by atoms with Crippen LogP contribution in [-0.2, 0) is 0 Å². The van der Waals surface area contributed by atoms with Gasteiger partial charge in [-0.1, -0.05) is 90.0 Å². The maximum Gasteiger partial charge on any atom is 0.0565 e. The van der Waals surface area contributed by atoms with E-state index in [-0.39, 0.29) is 0 Å². The Morgan fingerprint density at radius 3 is 0.889 bits per heavy atom. The molecule has 0 saturated carbocycles. The first-order valence-corrected chi connectivity index (χ1v) is 13.9. The zero-order valence-electron chi connectivity index (χ0n) is 13.8. The zero-order valence-corrected chi connectivity index (χ0v) is 15.8. The van der Waals surface area contributed by atoms with Crippen LogP contribution in [0.25, 0.3) is 0 Å². The lowest BCUT2D eigenvalue weighted by Gasteiger charge is -2.28. The van der Waals surface area contributed by atoms with E-state index in [1.807, 2.05) is 0 Å². The molecule has 0 aromatic rings. The maximum atomic E-state index is 2.56. The summed E-state index contributed by atoms with van der Waals surface area (Å²) in [7, 11) is -1.83. The van der Waals surface area contributed by atoms with Gasteiger partial charge in [0, 0.05) is 0 Å². The smallest absolute Gasteiger partial charge is 0.0565 e. The van der Waals surface area contributed by atoms with E-state index in [0.29, 0.717) is 0 Å². The minimum atomic E-state index is -0.916. The maximum absolute atomic E-state index is 2.56. The van der Waals surface area contributed by atoms with Crippen LogP contribution in [0.15, 0.2) is 12.2 Å². The molecule has 0 bridgehead atoms. The lowest BCUT2D eigenvalue weighted by atomic mass is 10.6. The summed E-state index contributed by atoms with van der Waals surface area (Å²) in [6, 6.07) is 11.6. The Kier molecular flexibility index (Phi) is 9.23. The van der Waals surface area contributed by atoms with Crippen molar-refractivity contribution >= 4 is 16.1 Å². The average Bonchev–Trinajstić information content (AvgIpc) is 2.45. The van der Waals surface area contributed by atoms with Crippen LogP contribution < -0.4 is 0 Å². The first-order chi connectivity index (χ1) is 8.57. The highest BCUT2D eigenvalue weighted by Gasteiger charge is 2.26. The molecule has 0 rings (SSSR count). The highest BCUT2D eigenvalue weighted by atomic mass is 28.3. The summed E-state index contributed by atoms with van der Waals surface area (Å²) in [5.41, 5.74) is 0. The quantitative estimate of drug-likeness (QED) is 0.315. The van der Waals surface area contributed by atoms with E-state index < -0.39 is 16.1 Å². The van der Waals surface area contributed by atoms with Crippen molar-refractivity contribution in [2.45, 2.75) is 89.9 Å². The number of hydrogen-bond acceptors (Lipinski definition) is 0. The minimum Gasteiger partial charge on any atom is -0.0915 e. The molecule has 0 unspecified atom stereocenters. The van der Waals surface area contributed by atoms with Crippen molar-refractivity contribution in [3.05, 3.63) is 12.2 Å². The second-order valence-corrected chi connectivity index (χ2v) is 17.1. The van der Waals surface area contributed by atoms with Crippen molar-refractivity contribution in [2.24, 2.45) is 0 Å². The van der Waals surface area contributed by atoms with Crippen molar-refractivity contribution in [1.82, 2.24) is 0 Å². The van der Waals surface area contributed by atoms with Crippen LogP contribution in [0, 0.1) is 0 Å². The fraction of sp³-hybridized carbons (Fsp3) is 0.875. The lowest BCUT2D eigenvalue weighted by Crippen LogP contribution is -2.31. The fourth-order valence-electron chi connectivity index (χ4n) is 3.03. The molecule has 108 valence electrons. The van der Waals surface area contributed by atoms with E-state index in [4.69, 9.17) is 0 Å². The van der Waals surface area contributed by atoms with E-state index in [1.54, 1.807) is 0 Å². The van der Waals surface area contributed by atoms with Gasteiger partial charge in [-0.3, -0.25) is 0 Å². The summed E-state index contributed by atoms with van der Waals surface area (Å²) in [4.78, 5) is 0. The Balaban J connectivity index is 4.40. The predicted octanol–water partition coefficient (Wildman–Crippen LogP) is 6.56. The molecule has 0 radical (unpaired) electrons. The summed E-state index contributed by atoms with van der Waals surface area (Å²) >= 11 is 0. The van der Waals surface area contributed by atoms with E-state index >= 15 is 0 Å². The molecule has 0 N–H and O–H groups in total. The average molecular weight is 285 g/mol. The monoisotopic (exact) mass is 284 g/mol. The van der Waals surface area contributed by atoms with Crippen LogP contribution in [-0.4, -0.2) is 16.1 Å². The molecular weight excluding hydrogens is 248 g/mol. The Morgan fingerprint density at radius 2 is 0.722 bits per heavy atom. The molecule has 0 aliphatic rings. The number of allylic oxidation sites excluding steroid dienone is 2. The Labute approximate surface area is 118 Å². The molecule has 0 aliphatic carbocycles. The number of hydrogen-bond donors (Lipinski definition) is 0. The van der Waals surface area contributed by atoms with Gasteiger partial charge in [-0.2, -0.15) is 0 Å². The first-order valence-electron chi connectivity index (χ1n) is 8.22. The van der Waals surface area contributed by atoms with Gasteiger partial charge in [0.05, 0.1) is 16.1 Å². The van der Waals surface area contributed by atoms with E-state index in [0.717, 1.165) is 0 Å². The van der Waals surface area contributed by atoms with Crippen molar-refractivity contribution < 1.29 is 0 Å². The van der Waals surface area contributed by atoms with Crippen LogP contribution in [0.4, 0.5) is 0 Å². The highest BCUT2D eigenvalue weighted by molar-refractivity contribution is 6.80. The molecule has 0 spiro atoms. The molecule has 2 heteroatoms. The second-order valence-electron chi connectivity index (χ2n) is 6.00. The van der Waals surface area contributed by atoms with Gasteiger partial charge in [0.1, 0.15) is 0 Å². The Hall–Kier alpha value is 0.174. The van der Waals surface area contributed by atoms with Crippen molar-refractivity contribution in [2.75, 3.05) is 0 Å². The molecule has 0 fully saturated rings. The summed E-state index contributed by atoms with van der Waals surface area (Å²) in [5, 5.41) is 0. The molecule has 0 atom stereocenters. The van der Waals surface area contributed by atoms with Gasteiger partial charge < -0.3 is 0 Å². The molecule has 0 heterocycles. The van der Waals surface area contributed by atoms with Crippen LogP contribution in [0.3, 0.4) is 0 Å². The highest BCUT2D eigenvalue weighted by Crippen LogP contribution is 2.28. The predicted molar refractivity (Wildman–Crippen MR) is 93.1 cm³/mol. The van der Waals surface area contributed by atoms with E-state index in [2.05, 4.69) is 53.7 Å². The zero-order chi connectivity index (χ0) is 14.1. The van der Waals surface area contributed by atoms with Crippen LogP contribution in [0.2, 0.25) is 48.4 Å². The van der Waals surface area contributed by atoms with E-state index in [9.17, 15) is 0 Å².